The van der Waals surface area contributed by atoms with Gasteiger partial charge in [-0.3, -0.25) is 4.79 Å². The average Bonchev–Trinajstić information content (AvgIpc) is 2.55. The average molecular weight is 382 g/mol. The lowest BCUT2D eigenvalue weighted by Gasteiger charge is -2.35. The van der Waals surface area contributed by atoms with Crippen LogP contribution in [0.25, 0.3) is 0 Å². The molecular weight excluding hydrogens is 345 g/mol. The normalized spacial score (nSPS) is 21.9. The number of hydrogen-bond donors (Lipinski definition) is 2. The summed E-state index contributed by atoms with van der Waals surface area (Å²) in [6.45, 7) is 7.28. The van der Waals surface area contributed by atoms with Gasteiger partial charge in [0.25, 0.3) is 0 Å². The van der Waals surface area contributed by atoms with E-state index in [1.165, 1.54) is 51.6 Å². The van der Waals surface area contributed by atoms with Crippen molar-refractivity contribution in [2.24, 2.45) is 17.1 Å². The molecule has 3 N–H and O–H groups in total. The third-order valence-corrected chi connectivity index (χ3v) is 5.55. The van der Waals surface area contributed by atoms with Gasteiger partial charge in [-0.1, -0.05) is 32.6 Å². The Morgan fingerprint density at radius 3 is 2.25 bits per heavy atom. The summed E-state index contributed by atoms with van der Waals surface area (Å²) in [6, 6.07) is 0. The molecule has 0 radical (unpaired) electrons. The molecule has 2 fully saturated rings. The minimum Gasteiger partial charge on any atom is -0.356 e. The van der Waals surface area contributed by atoms with Crippen LogP contribution in [0.3, 0.4) is 0 Å². The van der Waals surface area contributed by atoms with Crippen LogP contribution in [-0.2, 0) is 4.79 Å². The van der Waals surface area contributed by atoms with Gasteiger partial charge in [-0.25, -0.2) is 0 Å². The predicted octanol–water partition coefficient (Wildman–Crippen LogP) is 3.37. The fourth-order valence-corrected chi connectivity index (χ4v) is 4.09. The van der Waals surface area contributed by atoms with Crippen LogP contribution >= 0.6 is 24.8 Å². The molecular formula is C18H37Cl2N3O. The van der Waals surface area contributed by atoms with Gasteiger partial charge in [0, 0.05) is 19.5 Å². The summed E-state index contributed by atoms with van der Waals surface area (Å²) >= 11 is 0. The first kappa shape index (κ1) is 24.0. The Hall–Kier alpha value is -0.0300. The van der Waals surface area contributed by atoms with E-state index in [1.54, 1.807) is 0 Å². The Kier molecular flexibility index (Phi) is 12.3. The first-order valence-corrected chi connectivity index (χ1v) is 9.33. The van der Waals surface area contributed by atoms with Crippen molar-refractivity contribution in [1.29, 1.82) is 0 Å². The van der Waals surface area contributed by atoms with E-state index in [0.29, 0.717) is 18.9 Å². The largest absolute Gasteiger partial charge is 0.356 e. The van der Waals surface area contributed by atoms with Crippen molar-refractivity contribution >= 4 is 30.7 Å². The maximum Gasteiger partial charge on any atom is 0.220 e. The highest BCUT2D eigenvalue weighted by Crippen LogP contribution is 2.38. The zero-order valence-electron chi connectivity index (χ0n) is 15.2. The van der Waals surface area contributed by atoms with Gasteiger partial charge in [0.1, 0.15) is 0 Å². The van der Waals surface area contributed by atoms with Gasteiger partial charge in [-0.2, -0.15) is 0 Å². The molecule has 24 heavy (non-hydrogen) atoms. The first-order chi connectivity index (χ1) is 10.6. The number of piperidine rings is 1. The zero-order chi connectivity index (χ0) is 15.8. The Balaban J connectivity index is 0.00000264. The topological polar surface area (TPSA) is 58.4 Å². The Labute approximate surface area is 160 Å². The monoisotopic (exact) mass is 381 g/mol. The quantitative estimate of drug-likeness (QED) is 0.710. The molecule has 6 heteroatoms. The molecule has 1 unspecified atom stereocenters. The standard InChI is InChI=1S/C18H35N3O.2ClH/c1-16(14-21-10-6-3-7-11-21)13-20-17(22)12-18(15-19)8-4-2-5-9-18;;/h16H,2-15,19H2,1H3,(H,20,22);2*1H. The van der Waals surface area contributed by atoms with E-state index in [2.05, 4.69) is 17.1 Å². The number of halogens is 2. The molecule has 2 rings (SSSR count). The molecule has 1 atom stereocenters. The van der Waals surface area contributed by atoms with E-state index < -0.39 is 0 Å². The lowest BCUT2D eigenvalue weighted by molar-refractivity contribution is -0.124. The summed E-state index contributed by atoms with van der Waals surface area (Å²) in [4.78, 5) is 14.8. The third-order valence-electron chi connectivity index (χ3n) is 5.55. The molecule has 1 aliphatic heterocycles. The summed E-state index contributed by atoms with van der Waals surface area (Å²) in [6.07, 6.45) is 10.7. The van der Waals surface area contributed by atoms with Crippen molar-refractivity contribution < 1.29 is 4.79 Å². The zero-order valence-corrected chi connectivity index (χ0v) is 16.9. The Morgan fingerprint density at radius 2 is 1.67 bits per heavy atom. The van der Waals surface area contributed by atoms with E-state index in [9.17, 15) is 4.79 Å². The smallest absolute Gasteiger partial charge is 0.220 e. The molecule has 1 amide bonds. The summed E-state index contributed by atoms with van der Waals surface area (Å²) in [5, 5.41) is 3.16. The molecule has 2 aliphatic rings. The number of hydrogen-bond acceptors (Lipinski definition) is 3. The number of rotatable bonds is 7. The lowest BCUT2D eigenvalue weighted by atomic mass is 9.71. The summed E-state index contributed by atoms with van der Waals surface area (Å²) in [5.41, 5.74) is 6.06. The van der Waals surface area contributed by atoms with Crippen LogP contribution < -0.4 is 11.1 Å². The Bertz CT molecular complexity index is 343. The highest BCUT2D eigenvalue weighted by atomic mass is 35.5. The highest BCUT2D eigenvalue weighted by molar-refractivity contribution is 5.85. The first-order valence-electron chi connectivity index (χ1n) is 9.33. The van der Waals surface area contributed by atoms with Crippen LogP contribution in [0.5, 0.6) is 0 Å². The van der Waals surface area contributed by atoms with Gasteiger partial charge in [-0.15, -0.1) is 24.8 Å². The molecule has 0 bridgehead atoms. The van der Waals surface area contributed by atoms with Gasteiger partial charge < -0.3 is 16.0 Å². The molecule has 1 aliphatic carbocycles. The fourth-order valence-electron chi connectivity index (χ4n) is 4.09. The molecule has 0 aromatic carbocycles. The minimum atomic E-state index is 0. The Morgan fingerprint density at radius 1 is 1.08 bits per heavy atom. The number of nitrogens with two attached hydrogens (primary N) is 1. The number of carbonyl (C=O) groups is 1. The number of nitrogens with one attached hydrogen (secondary N) is 1. The van der Waals surface area contributed by atoms with E-state index in [0.717, 1.165) is 25.9 Å². The van der Waals surface area contributed by atoms with Crippen molar-refractivity contribution in [1.82, 2.24) is 10.2 Å². The maximum atomic E-state index is 12.3. The second-order valence-electron chi connectivity index (χ2n) is 7.71. The molecule has 1 heterocycles. The molecule has 0 aromatic rings. The second kappa shape index (κ2) is 12.3. The number of nitrogens with zero attached hydrogens (tertiary/aromatic N) is 1. The van der Waals surface area contributed by atoms with Crippen LogP contribution in [0, 0.1) is 11.3 Å². The number of likely N-dealkylation sites (tertiary alicyclic amines) is 1. The predicted molar refractivity (Wildman–Crippen MR) is 106 cm³/mol. The molecule has 4 nitrogen and oxygen atoms in total. The van der Waals surface area contributed by atoms with Gasteiger partial charge in [-0.05, 0) is 56.7 Å². The maximum absolute atomic E-state index is 12.3. The summed E-state index contributed by atoms with van der Waals surface area (Å²) in [7, 11) is 0. The van der Waals surface area contributed by atoms with Crippen LogP contribution in [0.1, 0.15) is 64.7 Å². The lowest BCUT2D eigenvalue weighted by Crippen LogP contribution is -2.41. The van der Waals surface area contributed by atoms with E-state index in [1.807, 2.05) is 0 Å². The highest BCUT2D eigenvalue weighted by Gasteiger charge is 2.32. The molecule has 0 aromatic heterocycles. The van der Waals surface area contributed by atoms with Crippen molar-refractivity contribution in [2.45, 2.75) is 64.7 Å². The van der Waals surface area contributed by atoms with Gasteiger partial charge >= 0.3 is 0 Å². The van der Waals surface area contributed by atoms with Crippen molar-refractivity contribution in [2.75, 3.05) is 32.7 Å². The van der Waals surface area contributed by atoms with E-state index in [-0.39, 0.29) is 36.1 Å². The van der Waals surface area contributed by atoms with Gasteiger partial charge in [0.05, 0.1) is 0 Å². The second-order valence-corrected chi connectivity index (χ2v) is 7.71. The van der Waals surface area contributed by atoms with Gasteiger partial charge in [0.15, 0.2) is 0 Å². The van der Waals surface area contributed by atoms with Crippen LogP contribution in [-0.4, -0.2) is 43.5 Å². The summed E-state index contributed by atoms with van der Waals surface area (Å²) < 4.78 is 0. The van der Waals surface area contributed by atoms with Gasteiger partial charge in [0.2, 0.25) is 5.91 Å². The van der Waals surface area contributed by atoms with Crippen LogP contribution in [0.2, 0.25) is 0 Å². The number of amides is 1. The molecule has 144 valence electrons. The van der Waals surface area contributed by atoms with E-state index in [4.69, 9.17) is 5.73 Å². The van der Waals surface area contributed by atoms with E-state index >= 15 is 0 Å². The van der Waals surface area contributed by atoms with Crippen molar-refractivity contribution in [3.05, 3.63) is 0 Å². The van der Waals surface area contributed by atoms with Crippen LogP contribution in [0.15, 0.2) is 0 Å². The van der Waals surface area contributed by atoms with Crippen molar-refractivity contribution in [3.8, 4) is 0 Å². The summed E-state index contributed by atoms with van der Waals surface area (Å²) in [5.74, 6) is 0.736. The fraction of sp³-hybridized carbons (Fsp3) is 0.944. The van der Waals surface area contributed by atoms with Crippen molar-refractivity contribution in [3.63, 3.8) is 0 Å². The molecule has 1 saturated heterocycles. The molecule has 0 spiro atoms. The SMILES string of the molecule is CC(CNC(=O)CC1(CN)CCCCC1)CN1CCCCC1.Cl.Cl. The number of carbonyl (C=O) groups excluding carboxylic acids is 1. The third kappa shape index (κ3) is 7.90. The minimum absolute atomic E-state index is 0. The van der Waals surface area contributed by atoms with Crippen LogP contribution in [0.4, 0.5) is 0 Å². The molecule has 1 saturated carbocycles.